The number of aliphatic carboxylic acids is 1. The van der Waals surface area contributed by atoms with Gasteiger partial charge in [-0.1, -0.05) is 31.4 Å². The summed E-state index contributed by atoms with van der Waals surface area (Å²) in [4.78, 5) is 13.8. The number of sulfonamides is 1. The van der Waals surface area contributed by atoms with Crippen LogP contribution in [0.25, 0.3) is 0 Å². The fourth-order valence-electron chi connectivity index (χ4n) is 3.11. The summed E-state index contributed by atoms with van der Waals surface area (Å²) in [6.45, 7) is 5.43. The third-order valence-electron chi connectivity index (χ3n) is 4.87. The Bertz CT molecular complexity index is 834. The van der Waals surface area contributed by atoms with Crippen LogP contribution in [0, 0.1) is 11.8 Å². The molecule has 2 N–H and O–H groups in total. The average molecular weight is 473 g/mol. The molecule has 0 aromatic heterocycles. The molecule has 9 heteroatoms. The Kier molecular flexibility index (Phi) is 12.6. The van der Waals surface area contributed by atoms with E-state index in [1.54, 1.807) is 24.3 Å². The lowest BCUT2D eigenvalue weighted by Crippen LogP contribution is -2.43. The van der Waals surface area contributed by atoms with Crippen molar-refractivity contribution in [1.82, 2.24) is 9.62 Å². The normalized spacial score (nSPS) is 14.7. The first-order chi connectivity index (χ1) is 14.4. The van der Waals surface area contributed by atoms with Crippen molar-refractivity contribution in [3.63, 3.8) is 0 Å². The molecule has 0 radical (unpaired) electrons. The lowest BCUT2D eigenvalue weighted by molar-refractivity contribution is -0.138. The van der Waals surface area contributed by atoms with Crippen LogP contribution in [0.2, 0.25) is 0 Å². The van der Waals surface area contributed by atoms with Crippen molar-refractivity contribution in [2.45, 2.75) is 51.5 Å². The first-order valence-corrected chi connectivity index (χ1v) is 12.2. The van der Waals surface area contributed by atoms with E-state index in [-0.39, 0.29) is 24.6 Å². The highest BCUT2D eigenvalue weighted by atomic mass is 35.5. The smallest absolute Gasteiger partial charge is 0.322 e. The molecule has 31 heavy (non-hydrogen) atoms. The highest BCUT2D eigenvalue weighted by Crippen LogP contribution is 2.15. The molecule has 1 atom stereocenters. The van der Waals surface area contributed by atoms with E-state index in [4.69, 9.17) is 4.74 Å². The van der Waals surface area contributed by atoms with Crippen LogP contribution in [-0.2, 0) is 21.2 Å². The molecule has 1 aliphatic heterocycles. The molecule has 0 fully saturated rings. The number of unbranched alkanes of at least 4 members (excludes halogenated alkanes) is 2. The topological polar surface area (TPSA) is 95.9 Å². The van der Waals surface area contributed by atoms with Gasteiger partial charge in [0.2, 0.25) is 10.0 Å². The van der Waals surface area contributed by atoms with Crippen molar-refractivity contribution in [3.8, 4) is 17.6 Å². The molecular weight excluding hydrogens is 440 g/mol. The molecule has 0 saturated carbocycles. The summed E-state index contributed by atoms with van der Waals surface area (Å²) < 4.78 is 32.1. The van der Waals surface area contributed by atoms with Crippen LogP contribution in [0.5, 0.6) is 5.75 Å². The minimum absolute atomic E-state index is 0. The summed E-state index contributed by atoms with van der Waals surface area (Å²) >= 11 is 0. The number of hydrogen-bond donors (Lipinski definition) is 2. The van der Waals surface area contributed by atoms with E-state index in [0.717, 1.165) is 56.6 Å². The summed E-state index contributed by atoms with van der Waals surface area (Å²) in [5.41, 5.74) is 0.735. The van der Waals surface area contributed by atoms with E-state index >= 15 is 0 Å². The van der Waals surface area contributed by atoms with Crippen molar-refractivity contribution < 1.29 is 23.1 Å². The standard InChI is InChI=1S/C22H32N2O5S.ClH/c1-2-3-17-30(27,28)23-21(22(25)26)18-19-9-11-20(12-10-19)29-16-8-7-15-24-13-5-4-6-14-24;/h9-12,21,23H,2-3,5,7-8,13-18H2,1H3,(H,25,26);1H/t21-;/m0./s1. The summed E-state index contributed by atoms with van der Waals surface area (Å²) in [7, 11) is -3.61. The molecule has 1 aliphatic rings. The molecule has 1 aromatic rings. The summed E-state index contributed by atoms with van der Waals surface area (Å²) in [5.74, 6) is 5.69. The largest absolute Gasteiger partial charge is 0.494 e. The Morgan fingerprint density at radius 3 is 2.58 bits per heavy atom. The van der Waals surface area contributed by atoms with Crippen LogP contribution in [0.4, 0.5) is 0 Å². The highest BCUT2D eigenvalue weighted by Gasteiger charge is 2.24. The van der Waals surface area contributed by atoms with Gasteiger partial charge in [0.05, 0.1) is 18.9 Å². The maximum atomic E-state index is 12.0. The lowest BCUT2D eigenvalue weighted by atomic mass is 10.1. The van der Waals surface area contributed by atoms with Gasteiger partial charge >= 0.3 is 5.97 Å². The summed E-state index contributed by atoms with van der Waals surface area (Å²) in [6.07, 6.45) is 4.27. The maximum absolute atomic E-state index is 12.0. The Labute approximate surface area is 192 Å². The second-order valence-electron chi connectivity index (χ2n) is 7.46. The van der Waals surface area contributed by atoms with Gasteiger partial charge in [-0.3, -0.25) is 9.69 Å². The fraction of sp³-hybridized carbons (Fsp3) is 0.591. The van der Waals surface area contributed by atoms with Gasteiger partial charge in [0.25, 0.3) is 0 Å². The number of nitrogens with zero attached hydrogens (tertiary/aromatic N) is 1. The predicted molar refractivity (Wildman–Crippen MR) is 124 cm³/mol. The number of nitrogens with one attached hydrogen (secondary N) is 1. The molecule has 174 valence electrons. The van der Waals surface area contributed by atoms with E-state index in [9.17, 15) is 18.3 Å². The molecule has 0 aliphatic carbocycles. The van der Waals surface area contributed by atoms with E-state index in [0.29, 0.717) is 13.0 Å². The third-order valence-corrected chi connectivity index (χ3v) is 6.34. The van der Waals surface area contributed by atoms with Crippen LogP contribution in [0.15, 0.2) is 24.3 Å². The minimum Gasteiger partial charge on any atom is -0.494 e. The molecular formula is C22H33ClN2O5S. The quantitative estimate of drug-likeness (QED) is 0.319. The molecule has 1 heterocycles. The Balaban J connectivity index is 0.00000480. The number of carboxylic acid groups (broad SMARTS) is 1. The molecule has 0 unspecified atom stereocenters. The van der Waals surface area contributed by atoms with Gasteiger partial charge in [-0.05, 0) is 49.9 Å². The molecule has 2 rings (SSSR count). The molecule has 7 nitrogen and oxygen atoms in total. The van der Waals surface area contributed by atoms with Crippen molar-refractivity contribution in [3.05, 3.63) is 29.8 Å². The Hall–Kier alpha value is -1.79. The Morgan fingerprint density at radius 1 is 1.23 bits per heavy atom. The van der Waals surface area contributed by atoms with Crippen LogP contribution in [0.1, 0.15) is 44.6 Å². The van der Waals surface area contributed by atoms with E-state index in [1.165, 1.54) is 0 Å². The van der Waals surface area contributed by atoms with Crippen molar-refractivity contribution in [1.29, 1.82) is 0 Å². The molecule has 0 saturated heterocycles. The number of carbonyl (C=O) groups is 1. The first-order valence-electron chi connectivity index (χ1n) is 10.5. The second-order valence-corrected chi connectivity index (χ2v) is 9.34. The van der Waals surface area contributed by atoms with Gasteiger partial charge in [-0.2, -0.15) is 0 Å². The number of hydrogen-bond acceptors (Lipinski definition) is 5. The zero-order chi connectivity index (χ0) is 21.8. The number of ether oxygens (including phenoxy) is 1. The predicted octanol–water partition coefficient (Wildman–Crippen LogP) is 2.69. The number of rotatable bonds is 14. The van der Waals surface area contributed by atoms with Crippen molar-refractivity contribution in [2.75, 3.05) is 32.0 Å². The van der Waals surface area contributed by atoms with Crippen molar-refractivity contribution >= 4 is 28.4 Å². The van der Waals surface area contributed by atoms with E-state index in [1.807, 2.05) is 6.92 Å². The summed E-state index contributed by atoms with van der Waals surface area (Å²) in [5, 5.41) is 9.38. The number of benzene rings is 1. The summed E-state index contributed by atoms with van der Waals surface area (Å²) in [6, 6.07) is 5.95. The van der Waals surface area contributed by atoms with Crippen LogP contribution in [-0.4, -0.2) is 62.4 Å². The van der Waals surface area contributed by atoms with Gasteiger partial charge in [0.15, 0.2) is 0 Å². The minimum atomic E-state index is -3.61. The average Bonchev–Trinajstić information content (AvgIpc) is 2.73. The zero-order valence-electron chi connectivity index (χ0n) is 18.0. The van der Waals surface area contributed by atoms with Gasteiger partial charge in [0, 0.05) is 13.0 Å². The molecule has 0 spiro atoms. The van der Waals surface area contributed by atoms with Gasteiger partial charge in [-0.15, -0.1) is 18.3 Å². The zero-order valence-corrected chi connectivity index (χ0v) is 19.6. The van der Waals surface area contributed by atoms with Gasteiger partial charge < -0.3 is 9.84 Å². The molecule has 0 amide bonds. The maximum Gasteiger partial charge on any atom is 0.322 e. The molecule has 0 bridgehead atoms. The van der Waals surface area contributed by atoms with Gasteiger partial charge in [0.1, 0.15) is 11.8 Å². The molecule has 1 aromatic carbocycles. The van der Waals surface area contributed by atoms with Crippen molar-refractivity contribution in [2.24, 2.45) is 0 Å². The number of carboxylic acids is 1. The SMILES string of the molecule is CCCCS(=O)(=O)N[C@@H](Cc1ccc(OCCCCN2CC#CCC2)cc1)C(=O)O.Cl. The fourth-order valence-corrected chi connectivity index (χ4v) is 4.52. The third kappa shape index (κ3) is 10.9. The number of halogens is 1. The monoisotopic (exact) mass is 472 g/mol. The van der Waals surface area contributed by atoms with Crippen LogP contribution >= 0.6 is 12.4 Å². The van der Waals surface area contributed by atoms with Crippen LogP contribution in [0.3, 0.4) is 0 Å². The van der Waals surface area contributed by atoms with E-state index < -0.39 is 22.0 Å². The van der Waals surface area contributed by atoms with E-state index in [2.05, 4.69) is 21.5 Å². The van der Waals surface area contributed by atoms with Gasteiger partial charge in [-0.25, -0.2) is 13.1 Å². The lowest BCUT2D eigenvalue weighted by Gasteiger charge is -2.20. The highest BCUT2D eigenvalue weighted by molar-refractivity contribution is 7.89. The second kappa shape index (κ2) is 14.3. The Morgan fingerprint density at radius 2 is 1.97 bits per heavy atom. The van der Waals surface area contributed by atoms with Crippen LogP contribution < -0.4 is 9.46 Å². The first kappa shape index (κ1) is 27.2.